The van der Waals surface area contributed by atoms with Crippen molar-refractivity contribution in [2.24, 2.45) is 0 Å². The molecule has 124 valence electrons. The zero-order chi connectivity index (χ0) is 15.7. The number of amides is 1. The van der Waals surface area contributed by atoms with Gasteiger partial charge in [0.15, 0.2) is 0 Å². The van der Waals surface area contributed by atoms with Gasteiger partial charge >= 0.3 is 0 Å². The van der Waals surface area contributed by atoms with Crippen molar-refractivity contribution in [2.75, 3.05) is 26.2 Å². The molecule has 1 aliphatic heterocycles. The summed E-state index contributed by atoms with van der Waals surface area (Å²) in [5.41, 5.74) is 0.339. The van der Waals surface area contributed by atoms with Crippen molar-refractivity contribution in [3.63, 3.8) is 0 Å². The number of hydrogen-bond acceptors (Lipinski definition) is 2. The van der Waals surface area contributed by atoms with E-state index in [9.17, 15) is 4.79 Å². The highest BCUT2D eigenvalue weighted by Gasteiger charge is 2.33. The molecular formula is C18H36N2O. The van der Waals surface area contributed by atoms with Crippen LogP contribution in [0.3, 0.4) is 0 Å². The summed E-state index contributed by atoms with van der Waals surface area (Å²) in [6.07, 6.45) is 9.45. The highest BCUT2D eigenvalue weighted by molar-refractivity contribution is 5.76. The lowest BCUT2D eigenvalue weighted by Gasteiger charge is -2.46. The monoisotopic (exact) mass is 296 g/mol. The van der Waals surface area contributed by atoms with Crippen molar-refractivity contribution in [2.45, 2.75) is 84.6 Å². The van der Waals surface area contributed by atoms with E-state index >= 15 is 0 Å². The van der Waals surface area contributed by atoms with Gasteiger partial charge in [-0.2, -0.15) is 0 Å². The summed E-state index contributed by atoms with van der Waals surface area (Å²) in [6.45, 7) is 13.0. The van der Waals surface area contributed by atoms with E-state index in [-0.39, 0.29) is 0 Å². The van der Waals surface area contributed by atoms with Gasteiger partial charge in [-0.3, -0.25) is 9.69 Å². The Kier molecular flexibility index (Phi) is 8.31. The Morgan fingerprint density at radius 2 is 1.43 bits per heavy atom. The van der Waals surface area contributed by atoms with Crippen LogP contribution in [0.4, 0.5) is 0 Å². The van der Waals surface area contributed by atoms with E-state index in [1.165, 1.54) is 38.5 Å². The highest BCUT2D eigenvalue weighted by atomic mass is 16.2. The van der Waals surface area contributed by atoms with Crippen LogP contribution < -0.4 is 0 Å². The normalized spacial score (nSPS) is 17.2. The van der Waals surface area contributed by atoms with Crippen molar-refractivity contribution in [1.82, 2.24) is 9.80 Å². The van der Waals surface area contributed by atoms with E-state index in [4.69, 9.17) is 0 Å². The van der Waals surface area contributed by atoms with Gasteiger partial charge in [0.1, 0.15) is 0 Å². The van der Waals surface area contributed by atoms with Crippen LogP contribution in [0.5, 0.6) is 0 Å². The zero-order valence-corrected chi connectivity index (χ0v) is 14.8. The molecule has 0 bridgehead atoms. The van der Waals surface area contributed by atoms with E-state index in [0.29, 0.717) is 17.9 Å². The van der Waals surface area contributed by atoms with Crippen LogP contribution >= 0.6 is 0 Å². The first-order valence-corrected chi connectivity index (χ1v) is 9.10. The molecule has 0 radical (unpaired) electrons. The van der Waals surface area contributed by atoms with Crippen LogP contribution in [-0.4, -0.2) is 47.4 Å². The lowest BCUT2D eigenvalue weighted by Crippen LogP contribution is -2.56. The van der Waals surface area contributed by atoms with Crippen molar-refractivity contribution in [1.29, 1.82) is 0 Å². The van der Waals surface area contributed by atoms with Gasteiger partial charge < -0.3 is 4.90 Å². The average molecular weight is 296 g/mol. The summed E-state index contributed by atoms with van der Waals surface area (Å²) in [5, 5.41) is 0. The Bertz CT molecular complexity index is 288. The lowest BCUT2D eigenvalue weighted by molar-refractivity contribution is -0.134. The fraction of sp³-hybridized carbons (Fsp3) is 0.944. The molecule has 0 N–H and O–H groups in total. The molecule has 0 spiro atoms. The van der Waals surface area contributed by atoms with Crippen LogP contribution in [0, 0.1) is 0 Å². The Morgan fingerprint density at radius 3 is 1.86 bits per heavy atom. The number of nitrogens with zero attached hydrogens (tertiary/aromatic N) is 2. The van der Waals surface area contributed by atoms with Gasteiger partial charge in [0, 0.05) is 38.1 Å². The summed E-state index contributed by atoms with van der Waals surface area (Å²) in [5.74, 6) is 0.348. The van der Waals surface area contributed by atoms with Crippen LogP contribution in [0.25, 0.3) is 0 Å². The smallest absolute Gasteiger partial charge is 0.222 e. The first kappa shape index (κ1) is 18.5. The minimum absolute atomic E-state index is 0.339. The van der Waals surface area contributed by atoms with E-state index in [2.05, 4.69) is 37.5 Å². The number of unbranched alkanes of at least 4 members (excludes halogenated alkanes) is 2. The molecule has 0 aromatic carbocycles. The van der Waals surface area contributed by atoms with Crippen LogP contribution in [0.1, 0.15) is 79.1 Å². The Balaban J connectivity index is 2.55. The van der Waals surface area contributed by atoms with Gasteiger partial charge in [-0.25, -0.2) is 0 Å². The van der Waals surface area contributed by atoms with Crippen LogP contribution in [0.2, 0.25) is 0 Å². The van der Waals surface area contributed by atoms with Crippen LogP contribution in [0.15, 0.2) is 0 Å². The fourth-order valence-electron chi connectivity index (χ4n) is 3.42. The molecule has 0 aromatic heterocycles. The number of hydrogen-bond donors (Lipinski definition) is 0. The van der Waals surface area contributed by atoms with E-state index in [1.807, 2.05) is 0 Å². The molecule has 1 fully saturated rings. The van der Waals surface area contributed by atoms with Gasteiger partial charge in [0.2, 0.25) is 5.91 Å². The van der Waals surface area contributed by atoms with Gasteiger partial charge in [0.25, 0.3) is 0 Å². The highest BCUT2D eigenvalue weighted by Crippen LogP contribution is 2.29. The second kappa shape index (κ2) is 9.45. The van der Waals surface area contributed by atoms with Crippen molar-refractivity contribution in [3.05, 3.63) is 0 Å². The van der Waals surface area contributed by atoms with Crippen molar-refractivity contribution < 1.29 is 4.79 Å². The maximum Gasteiger partial charge on any atom is 0.222 e. The first-order chi connectivity index (χ1) is 10.1. The molecule has 0 atom stereocenters. The van der Waals surface area contributed by atoms with Gasteiger partial charge in [0.05, 0.1) is 0 Å². The van der Waals surface area contributed by atoms with Gasteiger partial charge in [-0.1, -0.05) is 46.5 Å². The minimum atomic E-state index is 0.339. The number of rotatable bonds is 9. The average Bonchev–Trinajstić information content (AvgIpc) is 2.51. The summed E-state index contributed by atoms with van der Waals surface area (Å²) < 4.78 is 0. The summed E-state index contributed by atoms with van der Waals surface area (Å²) in [6, 6.07) is 0. The molecule has 0 aromatic rings. The summed E-state index contributed by atoms with van der Waals surface area (Å²) >= 11 is 0. The number of piperazine rings is 1. The minimum Gasteiger partial charge on any atom is -0.340 e. The van der Waals surface area contributed by atoms with E-state index in [0.717, 1.165) is 32.6 Å². The SMILES string of the molecule is CCCCC(C)(CCCC)N1CCN(C(=O)CCC)CC1. The summed E-state index contributed by atoms with van der Waals surface area (Å²) in [4.78, 5) is 16.7. The molecule has 3 heteroatoms. The Labute approximate surface area is 132 Å². The quantitative estimate of drug-likeness (QED) is 0.640. The standard InChI is InChI=1S/C18H36N2O/c1-5-8-11-18(4,12-9-6-2)20-15-13-19(14-16-20)17(21)10-7-3/h5-16H2,1-4H3. The van der Waals surface area contributed by atoms with E-state index < -0.39 is 0 Å². The van der Waals surface area contributed by atoms with Crippen molar-refractivity contribution in [3.8, 4) is 0 Å². The van der Waals surface area contributed by atoms with E-state index in [1.54, 1.807) is 0 Å². The third-order valence-corrected chi connectivity index (χ3v) is 5.00. The molecule has 1 rings (SSSR count). The van der Waals surface area contributed by atoms with Crippen molar-refractivity contribution >= 4 is 5.91 Å². The molecular weight excluding hydrogens is 260 g/mol. The maximum atomic E-state index is 12.0. The predicted octanol–water partition coefficient (Wildman–Crippen LogP) is 4.07. The van der Waals surface area contributed by atoms with Crippen LogP contribution in [-0.2, 0) is 4.79 Å². The maximum absolute atomic E-state index is 12.0. The lowest BCUT2D eigenvalue weighted by atomic mass is 9.86. The fourth-order valence-corrected chi connectivity index (χ4v) is 3.42. The molecule has 1 saturated heterocycles. The topological polar surface area (TPSA) is 23.6 Å². The Hall–Kier alpha value is -0.570. The van der Waals surface area contributed by atoms with Gasteiger partial charge in [-0.05, 0) is 26.2 Å². The molecule has 1 amide bonds. The Morgan fingerprint density at radius 1 is 0.905 bits per heavy atom. The number of carbonyl (C=O) groups is 1. The molecule has 1 aliphatic rings. The molecule has 0 unspecified atom stereocenters. The second-order valence-electron chi connectivity index (χ2n) is 6.82. The molecule has 1 heterocycles. The largest absolute Gasteiger partial charge is 0.340 e. The third-order valence-electron chi connectivity index (χ3n) is 5.00. The molecule has 0 saturated carbocycles. The molecule has 3 nitrogen and oxygen atoms in total. The zero-order valence-electron chi connectivity index (χ0n) is 14.8. The first-order valence-electron chi connectivity index (χ1n) is 9.10. The predicted molar refractivity (Wildman–Crippen MR) is 90.5 cm³/mol. The molecule has 21 heavy (non-hydrogen) atoms. The third kappa shape index (κ3) is 5.61. The van der Waals surface area contributed by atoms with Gasteiger partial charge in [-0.15, -0.1) is 0 Å². The summed E-state index contributed by atoms with van der Waals surface area (Å²) in [7, 11) is 0. The number of carbonyl (C=O) groups excluding carboxylic acids is 1. The second-order valence-corrected chi connectivity index (χ2v) is 6.82. The molecule has 0 aliphatic carbocycles.